The van der Waals surface area contributed by atoms with Crippen molar-refractivity contribution in [3.8, 4) is 5.75 Å². The first kappa shape index (κ1) is 18.8. The molecule has 0 aromatic heterocycles. The van der Waals surface area contributed by atoms with Crippen molar-refractivity contribution in [2.75, 3.05) is 14.1 Å². The van der Waals surface area contributed by atoms with Crippen LogP contribution in [0.4, 0.5) is 13.2 Å². The number of nitrogens with zero attached hydrogens (tertiary/aromatic N) is 1. The summed E-state index contributed by atoms with van der Waals surface area (Å²) in [5.74, 6) is -1.44. The fourth-order valence-electron chi connectivity index (χ4n) is 1.83. The summed E-state index contributed by atoms with van der Waals surface area (Å²) in [7, 11) is 3.06. The Labute approximate surface area is 132 Å². The molecule has 0 aliphatic rings. The van der Waals surface area contributed by atoms with Crippen molar-refractivity contribution in [2.24, 2.45) is 0 Å². The number of carbonyl (C=O) groups excluding carboxylic acids is 2. The Kier molecular flexibility index (Phi) is 6.00. The molecule has 0 spiro atoms. The maximum absolute atomic E-state index is 12.9. The van der Waals surface area contributed by atoms with Gasteiger partial charge in [0.2, 0.25) is 5.91 Å². The van der Waals surface area contributed by atoms with Crippen LogP contribution in [-0.2, 0) is 15.8 Å². The first-order chi connectivity index (χ1) is 10.5. The van der Waals surface area contributed by atoms with Crippen LogP contribution in [0, 0.1) is 0 Å². The van der Waals surface area contributed by atoms with Gasteiger partial charge in [-0.2, -0.15) is 13.2 Å². The molecule has 0 radical (unpaired) electrons. The third kappa shape index (κ3) is 5.15. The molecule has 0 fully saturated rings. The number of nitrogens with one attached hydrogen (secondary N) is 1. The molecule has 2 atom stereocenters. The van der Waals surface area contributed by atoms with Gasteiger partial charge in [-0.25, -0.2) is 0 Å². The van der Waals surface area contributed by atoms with Crippen molar-refractivity contribution in [1.29, 1.82) is 0 Å². The standard InChI is InChI=1S/C15H19F3N2O3/c1-9(14(22)20(3)4)19-13(21)10(2)23-12-8-6-5-7-11(12)15(16,17)18/h5-10H,1-4H3,(H,19,21)/t9-,10+/m0/s1. The minimum absolute atomic E-state index is 0.332. The molecule has 2 amide bonds. The van der Waals surface area contributed by atoms with E-state index in [-0.39, 0.29) is 5.91 Å². The van der Waals surface area contributed by atoms with Crippen molar-refractivity contribution in [1.82, 2.24) is 10.2 Å². The number of rotatable bonds is 5. The Balaban J connectivity index is 2.79. The molecule has 0 saturated heterocycles. The maximum atomic E-state index is 12.9. The molecule has 23 heavy (non-hydrogen) atoms. The number of carbonyl (C=O) groups is 2. The van der Waals surface area contributed by atoms with E-state index in [2.05, 4.69) is 5.32 Å². The lowest BCUT2D eigenvalue weighted by Crippen LogP contribution is -2.48. The number of alkyl halides is 3. The smallest absolute Gasteiger partial charge is 0.419 e. The van der Waals surface area contributed by atoms with Gasteiger partial charge in [0.1, 0.15) is 11.8 Å². The second-order valence-electron chi connectivity index (χ2n) is 5.22. The van der Waals surface area contributed by atoms with Crippen LogP contribution in [0.1, 0.15) is 19.4 Å². The predicted octanol–water partition coefficient (Wildman–Crippen LogP) is 2.07. The zero-order chi connectivity index (χ0) is 17.8. The van der Waals surface area contributed by atoms with Crippen LogP contribution in [0.25, 0.3) is 0 Å². The number of hydrogen-bond donors (Lipinski definition) is 1. The lowest BCUT2D eigenvalue weighted by Gasteiger charge is -2.21. The van der Waals surface area contributed by atoms with Crippen molar-refractivity contribution >= 4 is 11.8 Å². The van der Waals surface area contributed by atoms with Gasteiger partial charge in [-0.1, -0.05) is 12.1 Å². The van der Waals surface area contributed by atoms with Crippen LogP contribution in [0.3, 0.4) is 0 Å². The van der Waals surface area contributed by atoms with Gasteiger partial charge < -0.3 is 15.0 Å². The molecule has 0 aliphatic carbocycles. The summed E-state index contributed by atoms with van der Waals surface area (Å²) in [5, 5.41) is 2.40. The number of hydrogen-bond acceptors (Lipinski definition) is 3. The van der Waals surface area contributed by atoms with Crippen LogP contribution < -0.4 is 10.1 Å². The van der Waals surface area contributed by atoms with Crippen LogP contribution in [0.2, 0.25) is 0 Å². The number of ether oxygens (including phenoxy) is 1. The Bertz CT molecular complexity index is 573. The molecule has 5 nitrogen and oxygen atoms in total. The quantitative estimate of drug-likeness (QED) is 0.898. The lowest BCUT2D eigenvalue weighted by molar-refractivity contribution is -0.141. The van der Waals surface area contributed by atoms with Crippen molar-refractivity contribution in [3.63, 3.8) is 0 Å². The first-order valence-corrected chi connectivity index (χ1v) is 6.88. The topological polar surface area (TPSA) is 58.6 Å². The number of amides is 2. The van der Waals surface area contributed by atoms with Crippen molar-refractivity contribution in [2.45, 2.75) is 32.2 Å². The van der Waals surface area contributed by atoms with Gasteiger partial charge in [-0.05, 0) is 26.0 Å². The average molecular weight is 332 g/mol. The molecule has 128 valence electrons. The normalized spacial score (nSPS) is 13.9. The fourth-order valence-corrected chi connectivity index (χ4v) is 1.83. The highest BCUT2D eigenvalue weighted by Crippen LogP contribution is 2.36. The van der Waals surface area contributed by atoms with E-state index in [4.69, 9.17) is 4.74 Å². The van der Waals surface area contributed by atoms with Crippen LogP contribution >= 0.6 is 0 Å². The molecule has 1 N–H and O–H groups in total. The minimum Gasteiger partial charge on any atom is -0.480 e. The summed E-state index contributed by atoms with van der Waals surface area (Å²) in [5.41, 5.74) is -0.961. The first-order valence-electron chi connectivity index (χ1n) is 6.88. The lowest BCUT2D eigenvalue weighted by atomic mass is 10.2. The van der Waals surface area contributed by atoms with Gasteiger partial charge >= 0.3 is 6.18 Å². The fraction of sp³-hybridized carbons (Fsp3) is 0.467. The highest BCUT2D eigenvalue weighted by Gasteiger charge is 2.35. The minimum atomic E-state index is -4.58. The second kappa shape index (κ2) is 7.34. The highest BCUT2D eigenvalue weighted by molar-refractivity contribution is 5.88. The van der Waals surface area contributed by atoms with Gasteiger partial charge in [0.25, 0.3) is 5.91 Å². The largest absolute Gasteiger partial charge is 0.480 e. The van der Waals surface area contributed by atoms with Crippen molar-refractivity contribution < 1.29 is 27.5 Å². The van der Waals surface area contributed by atoms with Gasteiger partial charge in [0.15, 0.2) is 6.10 Å². The highest BCUT2D eigenvalue weighted by atomic mass is 19.4. The average Bonchev–Trinajstić information content (AvgIpc) is 2.45. The summed E-state index contributed by atoms with van der Waals surface area (Å²) < 4.78 is 43.7. The molecule has 0 unspecified atom stereocenters. The van der Waals surface area contributed by atoms with E-state index in [1.807, 2.05) is 0 Å². The van der Waals surface area contributed by atoms with Crippen LogP contribution in [-0.4, -0.2) is 43.0 Å². The van der Waals surface area contributed by atoms with E-state index in [0.29, 0.717) is 0 Å². The Morgan fingerprint density at radius 3 is 2.26 bits per heavy atom. The zero-order valence-corrected chi connectivity index (χ0v) is 13.3. The van der Waals surface area contributed by atoms with E-state index >= 15 is 0 Å². The predicted molar refractivity (Wildman–Crippen MR) is 77.8 cm³/mol. The van der Waals surface area contributed by atoms with Crippen molar-refractivity contribution in [3.05, 3.63) is 29.8 Å². The Hall–Kier alpha value is -2.25. The van der Waals surface area contributed by atoms with E-state index < -0.39 is 35.5 Å². The van der Waals surface area contributed by atoms with E-state index in [0.717, 1.165) is 12.1 Å². The molecule has 1 aromatic rings. The summed E-state index contributed by atoms with van der Waals surface area (Å²) in [6, 6.07) is 3.83. The SMILES string of the molecule is C[C@H](NC(=O)[C@@H](C)Oc1ccccc1C(F)(F)F)C(=O)N(C)C. The molecule has 1 rings (SSSR count). The molecule has 0 heterocycles. The second-order valence-corrected chi connectivity index (χ2v) is 5.22. The number of para-hydroxylation sites is 1. The molecule has 0 aliphatic heterocycles. The van der Waals surface area contributed by atoms with Gasteiger partial charge in [-0.15, -0.1) is 0 Å². The summed E-state index contributed by atoms with van der Waals surface area (Å²) >= 11 is 0. The monoisotopic (exact) mass is 332 g/mol. The van der Waals surface area contributed by atoms with Gasteiger partial charge in [-0.3, -0.25) is 9.59 Å². The summed E-state index contributed by atoms with van der Waals surface area (Å²) in [6.45, 7) is 2.80. The van der Waals surface area contributed by atoms with E-state index in [9.17, 15) is 22.8 Å². The molecule has 8 heteroatoms. The number of benzene rings is 1. The van der Waals surface area contributed by atoms with Gasteiger partial charge in [0.05, 0.1) is 5.56 Å². The molecular formula is C15H19F3N2O3. The van der Waals surface area contributed by atoms with Gasteiger partial charge in [0, 0.05) is 14.1 Å². The van der Waals surface area contributed by atoms with E-state index in [1.165, 1.54) is 45.0 Å². The summed E-state index contributed by atoms with van der Waals surface area (Å²) in [4.78, 5) is 24.9. The third-order valence-electron chi connectivity index (χ3n) is 3.04. The number of halogens is 3. The summed E-state index contributed by atoms with van der Waals surface area (Å²) in [6.07, 6.45) is -5.77. The molecule has 0 saturated carbocycles. The third-order valence-corrected chi connectivity index (χ3v) is 3.04. The van der Waals surface area contributed by atoms with Crippen LogP contribution in [0.15, 0.2) is 24.3 Å². The molecule has 0 bridgehead atoms. The Morgan fingerprint density at radius 1 is 1.17 bits per heavy atom. The zero-order valence-electron chi connectivity index (χ0n) is 13.3. The van der Waals surface area contributed by atoms with E-state index in [1.54, 1.807) is 0 Å². The van der Waals surface area contributed by atoms with Crippen LogP contribution in [0.5, 0.6) is 5.75 Å². The number of likely N-dealkylation sites (N-methyl/N-ethyl adjacent to an activating group) is 1. The Morgan fingerprint density at radius 2 is 1.74 bits per heavy atom. The maximum Gasteiger partial charge on any atom is 0.419 e. The molecular weight excluding hydrogens is 313 g/mol. The molecule has 1 aromatic carbocycles.